The molecule has 1 aliphatic carbocycles. The van der Waals surface area contributed by atoms with Gasteiger partial charge in [-0.2, -0.15) is 0 Å². The Morgan fingerprint density at radius 2 is 1.74 bits per heavy atom. The van der Waals surface area contributed by atoms with E-state index in [9.17, 15) is 4.39 Å². The van der Waals surface area contributed by atoms with Crippen LogP contribution in [-0.2, 0) is 6.42 Å². The summed E-state index contributed by atoms with van der Waals surface area (Å²) >= 11 is 0. The van der Waals surface area contributed by atoms with Gasteiger partial charge in [-0.3, -0.25) is 4.98 Å². The third kappa shape index (κ3) is 5.40. The van der Waals surface area contributed by atoms with Crippen molar-refractivity contribution in [2.24, 2.45) is 5.92 Å². The van der Waals surface area contributed by atoms with E-state index in [4.69, 9.17) is 0 Å². The van der Waals surface area contributed by atoms with Crippen LogP contribution in [0.1, 0.15) is 88.7 Å². The monoisotopic (exact) mass is 367 g/mol. The molecule has 0 unspecified atom stereocenters. The minimum absolute atomic E-state index is 0.153. The van der Waals surface area contributed by atoms with Crippen molar-refractivity contribution in [3.63, 3.8) is 0 Å². The molecule has 1 aromatic heterocycles. The van der Waals surface area contributed by atoms with E-state index in [0.717, 1.165) is 36.4 Å². The van der Waals surface area contributed by atoms with Gasteiger partial charge in [-0.25, -0.2) is 4.39 Å². The highest BCUT2D eigenvalue weighted by atomic mass is 19.1. The summed E-state index contributed by atoms with van der Waals surface area (Å²) in [6.07, 6.45) is 14.5. The van der Waals surface area contributed by atoms with E-state index in [1.54, 1.807) is 6.07 Å². The molecule has 1 heterocycles. The lowest BCUT2D eigenvalue weighted by Gasteiger charge is -2.28. The molecule has 1 fully saturated rings. The van der Waals surface area contributed by atoms with E-state index in [1.807, 2.05) is 24.4 Å². The Hall–Kier alpha value is -1.70. The van der Waals surface area contributed by atoms with Crippen molar-refractivity contribution < 1.29 is 4.39 Å². The Morgan fingerprint density at radius 1 is 0.963 bits per heavy atom. The van der Waals surface area contributed by atoms with Crippen molar-refractivity contribution in [1.82, 2.24) is 4.98 Å². The molecular weight excluding hydrogens is 333 g/mol. The van der Waals surface area contributed by atoms with Crippen LogP contribution in [0.5, 0.6) is 0 Å². The molecule has 1 nitrogen and oxygen atoms in total. The first-order valence-electron chi connectivity index (χ1n) is 11.0. The predicted octanol–water partition coefficient (Wildman–Crippen LogP) is 7.69. The molecule has 146 valence electrons. The summed E-state index contributed by atoms with van der Waals surface area (Å²) in [7, 11) is 0. The van der Waals surface area contributed by atoms with Crippen LogP contribution in [-0.4, -0.2) is 4.98 Å². The van der Waals surface area contributed by atoms with Gasteiger partial charge in [0.05, 0.1) is 5.69 Å². The second-order valence-electron chi connectivity index (χ2n) is 8.25. The molecule has 0 radical (unpaired) electrons. The first-order chi connectivity index (χ1) is 13.2. The topological polar surface area (TPSA) is 12.9 Å². The molecule has 27 heavy (non-hydrogen) atoms. The summed E-state index contributed by atoms with van der Waals surface area (Å²) in [6, 6.07) is 9.78. The summed E-state index contributed by atoms with van der Waals surface area (Å²) in [4.78, 5) is 4.61. The molecule has 0 saturated heterocycles. The number of rotatable bonds is 8. The molecule has 1 aliphatic rings. The predicted molar refractivity (Wildman–Crippen MR) is 112 cm³/mol. The first-order valence-corrected chi connectivity index (χ1v) is 11.0. The smallest absolute Gasteiger partial charge is 0.132 e. The van der Waals surface area contributed by atoms with Crippen LogP contribution in [0.3, 0.4) is 0 Å². The number of pyridine rings is 1. The Kier molecular flexibility index (Phi) is 7.43. The van der Waals surface area contributed by atoms with Crippen LogP contribution < -0.4 is 0 Å². The lowest BCUT2D eigenvalue weighted by Crippen LogP contribution is -2.13. The minimum Gasteiger partial charge on any atom is -0.256 e. The van der Waals surface area contributed by atoms with Crippen molar-refractivity contribution in [3.8, 4) is 11.3 Å². The molecule has 0 aliphatic heterocycles. The maximum atomic E-state index is 14.5. The summed E-state index contributed by atoms with van der Waals surface area (Å²) in [5.74, 6) is 1.40. The standard InChI is InChI=1S/C25H34FN/c1-3-5-7-19-9-12-21(13-10-19)22-14-16-25(27-18-22)23-15-11-20(8-6-4-2)17-24(23)26/h11,14-19,21H,3-10,12-13H2,1-2H3/t19-,21-. The Balaban J connectivity index is 1.62. The quantitative estimate of drug-likeness (QED) is 0.466. The van der Waals surface area contributed by atoms with E-state index in [-0.39, 0.29) is 5.82 Å². The number of unbranched alkanes of at least 4 members (excludes halogenated alkanes) is 2. The average Bonchev–Trinajstić information content (AvgIpc) is 2.71. The summed E-state index contributed by atoms with van der Waals surface area (Å²) in [6.45, 7) is 4.44. The number of aromatic nitrogens is 1. The average molecular weight is 368 g/mol. The fourth-order valence-electron chi connectivity index (χ4n) is 4.39. The molecule has 0 bridgehead atoms. The van der Waals surface area contributed by atoms with Crippen LogP contribution >= 0.6 is 0 Å². The van der Waals surface area contributed by atoms with E-state index in [0.29, 0.717) is 11.5 Å². The van der Waals surface area contributed by atoms with Crippen molar-refractivity contribution in [2.75, 3.05) is 0 Å². The van der Waals surface area contributed by atoms with E-state index in [1.165, 1.54) is 50.5 Å². The maximum Gasteiger partial charge on any atom is 0.132 e. The highest BCUT2D eigenvalue weighted by Crippen LogP contribution is 2.37. The first kappa shape index (κ1) is 20.0. The fraction of sp³-hybridized carbons (Fsp3) is 0.560. The molecule has 3 rings (SSSR count). The molecule has 0 atom stereocenters. The maximum absolute atomic E-state index is 14.5. The van der Waals surface area contributed by atoms with Crippen LogP contribution in [0, 0.1) is 11.7 Å². The van der Waals surface area contributed by atoms with Gasteiger partial charge in [0.1, 0.15) is 5.82 Å². The molecule has 2 heteroatoms. The lowest BCUT2D eigenvalue weighted by atomic mass is 9.77. The van der Waals surface area contributed by atoms with Crippen LogP contribution in [0.25, 0.3) is 11.3 Å². The van der Waals surface area contributed by atoms with Gasteiger partial charge in [-0.05, 0) is 79.7 Å². The van der Waals surface area contributed by atoms with Crippen molar-refractivity contribution in [3.05, 3.63) is 53.5 Å². The number of halogens is 1. The number of hydrogen-bond donors (Lipinski definition) is 0. The fourth-order valence-corrected chi connectivity index (χ4v) is 4.39. The molecule has 2 aromatic rings. The Labute approximate surface area is 164 Å². The number of aryl methyl sites for hydroxylation is 1. The van der Waals surface area contributed by atoms with Crippen LogP contribution in [0.4, 0.5) is 4.39 Å². The molecule has 0 amide bonds. The van der Waals surface area contributed by atoms with Gasteiger partial charge < -0.3 is 0 Å². The van der Waals surface area contributed by atoms with E-state index < -0.39 is 0 Å². The van der Waals surface area contributed by atoms with E-state index in [2.05, 4.69) is 24.9 Å². The van der Waals surface area contributed by atoms with Crippen molar-refractivity contribution in [2.45, 2.75) is 84.0 Å². The van der Waals surface area contributed by atoms with Crippen molar-refractivity contribution >= 4 is 0 Å². The van der Waals surface area contributed by atoms with Gasteiger partial charge in [0, 0.05) is 11.8 Å². The second-order valence-corrected chi connectivity index (χ2v) is 8.25. The Bertz CT molecular complexity index is 699. The zero-order valence-corrected chi connectivity index (χ0v) is 17.0. The van der Waals surface area contributed by atoms with Gasteiger partial charge in [0.2, 0.25) is 0 Å². The third-order valence-electron chi connectivity index (χ3n) is 6.20. The zero-order chi connectivity index (χ0) is 19.1. The Morgan fingerprint density at radius 3 is 2.37 bits per heavy atom. The molecule has 1 aromatic carbocycles. The zero-order valence-electron chi connectivity index (χ0n) is 17.0. The largest absolute Gasteiger partial charge is 0.256 e. The highest BCUT2D eigenvalue weighted by Gasteiger charge is 2.22. The van der Waals surface area contributed by atoms with Gasteiger partial charge in [0.15, 0.2) is 0 Å². The highest BCUT2D eigenvalue weighted by molar-refractivity contribution is 5.60. The molecule has 0 spiro atoms. The van der Waals surface area contributed by atoms with Gasteiger partial charge in [0.25, 0.3) is 0 Å². The molecular formula is C25H34FN. The van der Waals surface area contributed by atoms with Crippen molar-refractivity contribution in [1.29, 1.82) is 0 Å². The summed E-state index contributed by atoms with van der Waals surface area (Å²) in [5.41, 5.74) is 3.77. The number of hydrogen-bond acceptors (Lipinski definition) is 1. The van der Waals surface area contributed by atoms with E-state index >= 15 is 0 Å². The normalized spacial score (nSPS) is 20.0. The van der Waals surface area contributed by atoms with Gasteiger partial charge >= 0.3 is 0 Å². The summed E-state index contributed by atoms with van der Waals surface area (Å²) in [5, 5.41) is 0. The molecule has 1 saturated carbocycles. The number of benzene rings is 1. The van der Waals surface area contributed by atoms with Gasteiger partial charge in [-0.1, -0.05) is 51.7 Å². The van der Waals surface area contributed by atoms with Crippen LogP contribution in [0.2, 0.25) is 0 Å². The SMILES string of the molecule is CCCCc1ccc(-c2ccc([C@H]3CC[C@H](CCCC)CC3)cn2)c(F)c1. The number of nitrogens with zero attached hydrogens (tertiary/aromatic N) is 1. The minimum atomic E-state index is -0.153. The third-order valence-corrected chi connectivity index (χ3v) is 6.20. The summed E-state index contributed by atoms with van der Waals surface area (Å²) < 4.78 is 14.5. The lowest BCUT2D eigenvalue weighted by molar-refractivity contribution is 0.304. The molecule has 0 N–H and O–H groups in total. The van der Waals surface area contributed by atoms with Gasteiger partial charge in [-0.15, -0.1) is 0 Å². The second kappa shape index (κ2) is 10.0. The van der Waals surface area contributed by atoms with Crippen LogP contribution in [0.15, 0.2) is 36.5 Å².